The molecule has 0 fully saturated rings. The molecule has 0 radical (unpaired) electrons. The number of ether oxygens (including phenoxy) is 2. The zero-order chi connectivity index (χ0) is 18.6. The lowest BCUT2D eigenvalue weighted by atomic mass is 10.1. The van der Waals surface area contributed by atoms with Crippen LogP contribution < -0.4 is 10.1 Å². The van der Waals surface area contributed by atoms with Crippen LogP contribution in [0.5, 0.6) is 5.75 Å². The van der Waals surface area contributed by atoms with Gasteiger partial charge in [-0.2, -0.15) is 0 Å². The lowest BCUT2D eigenvalue weighted by molar-refractivity contribution is -0.120. The number of aryl methyl sites for hydroxylation is 1. The standard InChI is InChI=1S/C21H28N2O3/c1-3-21(24)23-16-18-13-17(7-6-11-25-2)14-20(15-18)26-12-9-19-8-4-5-10-22-19/h4-5,8,10,13-15H,3,6-7,9,11-12,16H2,1-2H3,(H,23,24). The van der Waals surface area contributed by atoms with Crippen LogP contribution in [0, 0.1) is 0 Å². The molecule has 1 amide bonds. The molecule has 0 unspecified atom stereocenters. The van der Waals surface area contributed by atoms with E-state index in [0.29, 0.717) is 19.6 Å². The van der Waals surface area contributed by atoms with E-state index in [0.717, 1.165) is 42.9 Å². The Balaban J connectivity index is 1.99. The molecule has 1 heterocycles. The number of hydrogen-bond acceptors (Lipinski definition) is 4. The van der Waals surface area contributed by atoms with Crippen molar-refractivity contribution >= 4 is 5.91 Å². The van der Waals surface area contributed by atoms with Gasteiger partial charge in [0.1, 0.15) is 5.75 Å². The predicted octanol–water partition coefficient (Wildman–Crippen LogP) is 3.31. The summed E-state index contributed by atoms with van der Waals surface area (Å²) in [5, 5.41) is 2.92. The Morgan fingerprint density at radius 3 is 2.69 bits per heavy atom. The van der Waals surface area contributed by atoms with Crippen molar-refractivity contribution in [3.63, 3.8) is 0 Å². The van der Waals surface area contributed by atoms with Crippen LogP contribution in [0.4, 0.5) is 0 Å². The van der Waals surface area contributed by atoms with E-state index in [1.807, 2.05) is 31.2 Å². The summed E-state index contributed by atoms with van der Waals surface area (Å²) in [6.45, 7) is 3.66. The molecular formula is C21H28N2O3. The van der Waals surface area contributed by atoms with Gasteiger partial charge in [0.25, 0.3) is 0 Å². The van der Waals surface area contributed by atoms with Crippen molar-refractivity contribution in [2.75, 3.05) is 20.3 Å². The average molecular weight is 356 g/mol. The number of hydrogen-bond donors (Lipinski definition) is 1. The molecule has 1 aromatic heterocycles. The summed E-state index contributed by atoms with van der Waals surface area (Å²) in [5.41, 5.74) is 3.26. The molecule has 0 aliphatic carbocycles. The SMILES string of the molecule is CCC(=O)NCc1cc(CCCOC)cc(OCCc2ccccn2)c1. The normalized spacial score (nSPS) is 10.5. The molecule has 0 saturated carbocycles. The summed E-state index contributed by atoms with van der Waals surface area (Å²) >= 11 is 0. The molecular weight excluding hydrogens is 328 g/mol. The largest absolute Gasteiger partial charge is 0.493 e. The maximum atomic E-state index is 11.5. The monoisotopic (exact) mass is 356 g/mol. The van der Waals surface area contributed by atoms with Gasteiger partial charge < -0.3 is 14.8 Å². The molecule has 5 heteroatoms. The molecule has 1 aromatic carbocycles. The number of nitrogens with one attached hydrogen (secondary N) is 1. The fraction of sp³-hybridized carbons (Fsp3) is 0.429. The van der Waals surface area contributed by atoms with Gasteiger partial charge in [-0.1, -0.05) is 19.1 Å². The van der Waals surface area contributed by atoms with Gasteiger partial charge in [0.2, 0.25) is 5.91 Å². The molecule has 5 nitrogen and oxygen atoms in total. The molecule has 0 aliphatic rings. The highest BCUT2D eigenvalue weighted by atomic mass is 16.5. The van der Waals surface area contributed by atoms with Crippen molar-refractivity contribution < 1.29 is 14.3 Å². The van der Waals surface area contributed by atoms with E-state index in [9.17, 15) is 4.79 Å². The Labute approximate surface area is 155 Å². The Morgan fingerprint density at radius 1 is 1.12 bits per heavy atom. The molecule has 0 atom stereocenters. The van der Waals surface area contributed by atoms with Gasteiger partial charge in [-0.25, -0.2) is 0 Å². The van der Waals surface area contributed by atoms with Crippen LogP contribution in [0.2, 0.25) is 0 Å². The van der Waals surface area contributed by atoms with E-state index in [2.05, 4.69) is 22.4 Å². The van der Waals surface area contributed by atoms with Crippen molar-refractivity contribution in [3.05, 3.63) is 59.4 Å². The molecule has 0 bridgehead atoms. The summed E-state index contributed by atoms with van der Waals surface area (Å²) in [4.78, 5) is 15.8. The first kappa shape index (κ1) is 19.9. The van der Waals surface area contributed by atoms with Crippen LogP contribution in [-0.2, 0) is 28.9 Å². The number of aromatic nitrogens is 1. The molecule has 0 spiro atoms. The molecule has 2 aromatic rings. The number of carbonyl (C=O) groups excluding carboxylic acids is 1. The van der Waals surface area contributed by atoms with Gasteiger partial charge in [-0.15, -0.1) is 0 Å². The zero-order valence-electron chi connectivity index (χ0n) is 15.7. The van der Waals surface area contributed by atoms with Crippen molar-refractivity contribution in [1.82, 2.24) is 10.3 Å². The first-order chi connectivity index (χ1) is 12.7. The second-order valence-corrected chi connectivity index (χ2v) is 6.13. The van der Waals surface area contributed by atoms with E-state index in [1.165, 1.54) is 5.56 Å². The van der Waals surface area contributed by atoms with E-state index in [1.54, 1.807) is 13.3 Å². The third kappa shape index (κ3) is 7.23. The number of pyridine rings is 1. The highest BCUT2D eigenvalue weighted by Crippen LogP contribution is 2.19. The topological polar surface area (TPSA) is 60.5 Å². The first-order valence-corrected chi connectivity index (χ1v) is 9.12. The van der Waals surface area contributed by atoms with Gasteiger partial charge in [0.05, 0.1) is 6.61 Å². The van der Waals surface area contributed by atoms with Gasteiger partial charge in [0.15, 0.2) is 0 Å². The summed E-state index contributed by atoms with van der Waals surface area (Å²) in [6.07, 6.45) is 4.91. The van der Waals surface area contributed by atoms with E-state index < -0.39 is 0 Å². The second kappa shape index (κ2) is 11.3. The number of rotatable bonds is 11. The number of amides is 1. The van der Waals surface area contributed by atoms with Crippen molar-refractivity contribution in [1.29, 1.82) is 0 Å². The van der Waals surface area contributed by atoms with Crippen LogP contribution in [0.1, 0.15) is 36.6 Å². The van der Waals surface area contributed by atoms with Gasteiger partial charge >= 0.3 is 0 Å². The van der Waals surface area contributed by atoms with Gasteiger partial charge in [0, 0.05) is 45.0 Å². The third-order valence-corrected chi connectivity index (χ3v) is 4.00. The molecule has 140 valence electrons. The smallest absolute Gasteiger partial charge is 0.219 e. The maximum Gasteiger partial charge on any atom is 0.219 e. The Morgan fingerprint density at radius 2 is 1.96 bits per heavy atom. The third-order valence-electron chi connectivity index (χ3n) is 4.00. The average Bonchev–Trinajstić information content (AvgIpc) is 2.67. The summed E-state index contributed by atoms with van der Waals surface area (Å²) in [5.74, 6) is 0.879. The van der Waals surface area contributed by atoms with E-state index >= 15 is 0 Å². The number of nitrogens with zero attached hydrogens (tertiary/aromatic N) is 1. The number of carbonyl (C=O) groups is 1. The van der Waals surface area contributed by atoms with Crippen LogP contribution in [0.3, 0.4) is 0 Å². The molecule has 0 aliphatic heterocycles. The van der Waals surface area contributed by atoms with Crippen LogP contribution in [0.15, 0.2) is 42.6 Å². The maximum absolute atomic E-state index is 11.5. The molecule has 1 N–H and O–H groups in total. The van der Waals surface area contributed by atoms with Crippen molar-refractivity contribution in [2.24, 2.45) is 0 Å². The fourth-order valence-electron chi connectivity index (χ4n) is 2.62. The van der Waals surface area contributed by atoms with Gasteiger partial charge in [-0.05, 0) is 48.2 Å². The van der Waals surface area contributed by atoms with E-state index in [4.69, 9.17) is 9.47 Å². The first-order valence-electron chi connectivity index (χ1n) is 9.12. The molecule has 0 saturated heterocycles. The minimum Gasteiger partial charge on any atom is -0.493 e. The zero-order valence-corrected chi connectivity index (χ0v) is 15.7. The highest BCUT2D eigenvalue weighted by molar-refractivity contribution is 5.75. The number of benzene rings is 1. The minimum absolute atomic E-state index is 0.0485. The predicted molar refractivity (Wildman–Crippen MR) is 102 cm³/mol. The van der Waals surface area contributed by atoms with Crippen molar-refractivity contribution in [2.45, 2.75) is 39.2 Å². The van der Waals surface area contributed by atoms with Crippen LogP contribution in [-0.4, -0.2) is 31.2 Å². The van der Waals surface area contributed by atoms with Crippen LogP contribution in [0.25, 0.3) is 0 Å². The Hall–Kier alpha value is -2.40. The summed E-state index contributed by atoms with van der Waals surface area (Å²) < 4.78 is 11.1. The minimum atomic E-state index is 0.0485. The van der Waals surface area contributed by atoms with Gasteiger partial charge in [-0.3, -0.25) is 9.78 Å². The van der Waals surface area contributed by atoms with E-state index in [-0.39, 0.29) is 5.91 Å². The molecule has 2 rings (SSSR count). The molecule has 26 heavy (non-hydrogen) atoms. The summed E-state index contributed by atoms with van der Waals surface area (Å²) in [6, 6.07) is 12.1. The lowest BCUT2D eigenvalue weighted by Crippen LogP contribution is -2.21. The summed E-state index contributed by atoms with van der Waals surface area (Å²) in [7, 11) is 1.71. The second-order valence-electron chi connectivity index (χ2n) is 6.13. The van der Waals surface area contributed by atoms with Crippen molar-refractivity contribution in [3.8, 4) is 5.75 Å². The lowest BCUT2D eigenvalue weighted by Gasteiger charge is -2.12. The highest BCUT2D eigenvalue weighted by Gasteiger charge is 2.05. The Bertz CT molecular complexity index is 674. The quantitative estimate of drug-likeness (QED) is 0.628. The Kier molecular flexibility index (Phi) is 8.63. The number of methoxy groups -OCH3 is 1. The van der Waals surface area contributed by atoms with Crippen LogP contribution >= 0.6 is 0 Å². The fourth-order valence-corrected chi connectivity index (χ4v) is 2.62.